The summed E-state index contributed by atoms with van der Waals surface area (Å²) in [5.74, 6) is -10.7. The van der Waals surface area contributed by atoms with Crippen LogP contribution in [0.3, 0.4) is 0 Å². The molecule has 2 aliphatic carbocycles. The molecule has 14 nitrogen and oxygen atoms in total. The number of alkyl halides is 8. The van der Waals surface area contributed by atoms with Crippen LogP contribution in [0.15, 0.2) is 48.8 Å². The van der Waals surface area contributed by atoms with Gasteiger partial charge in [-0.25, -0.2) is 53.9 Å². The third-order valence-electron chi connectivity index (χ3n) is 10.1. The SMILES string of the molecule is C.C.C.C.CC1(C)OB(c2cnc(OCC3CC3(F)F)c(F)c2)OC1(C)C.FC(F)c1nnc2ccc(Cl)nn12.Fc1cc(-c2ccc3nnc(C(F)F)n3n2)cnc1OCC1CC1(F)F. The molecule has 9 rings (SSSR count). The molecule has 0 bridgehead atoms. The van der Waals surface area contributed by atoms with Crippen LogP contribution < -0.4 is 14.9 Å². The van der Waals surface area contributed by atoms with Crippen molar-refractivity contribution >= 4 is 35.5 Å². The molecular formula is C40H48BClF10N10O4. The fraction of sp³-hybridized carbons (Fsp3) is 0.500. The van der Waals surface area contributed by atoms with Crippen LogP contribution in [0.1, 0.15) is 94.7 Å². The van der Waals surface area contributed by atoms with Crippen molar-refractivity contribution in [2.45, 2.75) is 106 Å². The molecule has 3 aliphatic rings. The molecule has 0 N–H and O–H groups in total. The Balaban J connectivity index is 0.000000267. The minimum atomic E-state index is -2.88. The summed E-state index contributed by atoms with van der Waals surface area (Å²) in [6.45, 7) is 6.99. The van der Waals surface area contributed by atoms with E-state index in [9.17, 15) is 43.9 Å². The standard InChI is InChI=1S/C15H19BF3NO3.C15H10F5N5O.C6H3ClF2N4.4CH4/c1-13(2)14(3,4)23-16(22-13)10-5-11(17)12(20-7-10)21-8-9-6-15(9,18)19;16-9-3-7(5-21-14(9)26-6-8-4-15(8,19)20)10-1-2-11-22-23-13(12(17)18)25(11)24-10;7-3-1-2-4-10-11-6(5(8)9)13(4)12-3;;;;/h5,7,9H,6,8H2,1-4H3;1-3,5,8,12H,4,6H2;1-2,5H;4*1H4. The Morgan fingerprint density at radius 3 is 1.56 bits per heavy atom. The second kappa shape index (κ2) is 20.6. The van der Waals surface area contributed by atoms with Gasteiger partial charge in [0, 0.05) is 36.3 Å². The summed E-state index contributed by atoms with van der Waals surface area (Å²) in [6, 6.07) is 8.01. The maximum Gasteiger partial charge on any atom is 0.496 e. The van der Waals surface area contributed by atoms with Crippen molar-refractivity contribution in [1.29, 1.82) is 0 Å². The fourth-order valence-electron chi connectivity index (χ4n) is 5.60. The highest BCUT2D eigenvalue weighted by atomic mass is 35.5. The van der Waals surface area contributed by atoms with Crippen LogP contribution in [0.25, 0.3) is 22.6 Å². The number of halogens is 11. The maximum absolute atomic E-state index is 14.1. The van der Waals surface area contributed by atoms with Gasteiger partial charge in [-0.2, -0.15) is 19.2 Å². The fourth-order valence-corrected chi connectivity index (χ4v) is 5.74. The average Bonchev–Trinajstić information content (AvgIpc) is 3.71. The zero-order valence-corrected chi connectivity index (χ0v) is 33.4. The van der Waals surface area contributed by atoms with E-state index < -0.39 is 84.0 Å². The van der Waals surface area contributed by atoms with Gasteiger partial charge in [-0.3, -0.25) is 0 Å². The lowest BCUT2D eigenvalue weighted by Crippen LogP contribution is -2.41. The molecule has 7 heterocycles. The smallest absolute Gasteiger partial charge is 0.475 e. The van der Waals surface area contributed by atoms with E-state index in [1.165, 1.54) is 42.7 Å². The van der Waals surface area contributed by atoms with E-state index >= 15 is 0 Å². The highest BCUT2D eigenvalue weighted by Crippen LogP contribution is 2.49. The van der Waals surface area contributed by atoms with Crippen LogP contribution in [0, 0.1) is 23.5 Å². The van der Waals surface area contributed by atoms with Gasteiger partial charge >= 0.3 is 7.12 Å². The third-order valence-corrected chi connectivity index (χ3v) is 10.3. The minimum absolute atomic E-state index is 0. The Bertz CT molecular complexity index is 2570. The summed E-state index contributed by atoms with van der Waals surface area (Å²) in [5.41, 5.74) is 0.0582. The van der Waals surface area contributed by atoms with Crippen LogP contribution in [-0.4, -0.2) is 93.0 Å². The molecule has 3 fully saturated rings. The van der Waals surface area contributed by atoms with E-state index in [4.69, 9.17) is 30.4 Å². The van der Waals surface area contributed by atoms with Crippen molar-refractivity contribution in [2.75, 3.05) is 13.2 Å². The lowest BCUT2D eigenvalue weighted by atomic mass is 9.80. The minimum Gasteiger partial charge on any atom is -0.475 e. The zero-order valence-electron chi connectivity index (χ0n) is 32.6. The quantitative estimate of drug-likeness (QED) is 0.0950. The van der Waals surface area contributed by atoms with Crippen molar-refractivity contribution in [2.24, 2.45) is 11.8 Å². The van der Waals surface area contributed by atoms with Gasteiger partial charge in [0.15, 0.2) is 22.9 Å². The molecule has 6 aromatic rings. The molecule has 0 amide bonds. The van der Waals surface area contributed by atoms with Gasteiger partial charge in [0.2, 0.25) is 23.4 Å². The predicted octanol–water partition coefficient (Wildman–Crippen LogP) is 10.1. The summed E-state index contributed by atoms with van der Waals surface area (Å²) in [4.78, 5) is 7.62. The van der Waals surface area contributed by atoms with Gasteiger partial charge in [-0.1, -0.05) is 41.3 Å². The third kappa shape index (κ3) is 11.9. The first-order valence-electron chi connectivity index (χ1n) is 18.4. The molecule has 6 aromatic heterocycles. The van der Waals surface area contributed by atoms with Gasteiger partial charge in [0.1, 0.15) is 5.15 Å². The molecular weight excluding hydrogens is 921 g/mol. The first-order chi connectivity index (χ1) is 29.0. The van der Waals surface area contributed by atoms with Gasteiger partial charge in [-0.15, -0.1) is 20.4 Å². The molecule has 66 heavy (non-hydrogen) atoms. The number of ether oxygens (including phenoxy) is 2. The second-order valence-electron chi connectivity index (χ2n) is 15.2. The number of aromatic nitrogens is 10. The molecule has 2 unspecified atom stereocenters. The van der Waals surface area contributed by atoms with E-state index in [0.717, 1.165) is 15.1 Å². The first kappa shape index (κ1) is 54.9. The highest BCUT2D eigenvalue weighted by molar-refractivity contribution is 6.62. The van der Waals surface area contributed by atoms with Gasteiger partial charge in [0.25, 0.3) is 24.7 Å². The lowest BCUT2D eigenvalue weighted by Gasteiger charge is -2.32. The van der Waals surface area contributed by atoms with E-state index in [0.29, 0.717) is 5.46 Å². The number of nitrogens with zero attached hydrogens (tertiary/aromatic N) is 10. The Labute approximate surface area is 378 Å². The van der Waals surface area contributed by atoms with Crippen LogP contribution in [0.2, 0.25) is 5.15 Å². The van der Waals surface area contributed by atoms with Gasteiger partial charge in [0.05, 0.1) is 41.9 Å². The Hall–Kier alpha value is -5.43. The van der Waals surface area contributed by atoms with Gasteiger partial charge in [-0.05, 0) is 64.1 Å². The Morgan fingerprint density at radius 2 is 1.12 bits per heavy atom. The summed E-state index contributed by atoms with van der Waals surface area (Å²) < 4.78 is 153. The summed E-state index contributed by atoms with van der Waals surface area (Å²) in [6.07, 6.45) is -3.50. The monoisotopic (exact) mass is 968 g/mol. The zero-order chi connectivity index (χ0) is 44.9. The number of hydrogen-bond donors (Lipinski definition) is 0. The molecule has 1 aliphatic heterocycles. The molecule has 0 spiro atoms. The van der Waals surface area contributed by atoms with Crippen molar-refractivity contribution in [3.63, 3.8) is 0 Å². The maximum atomic E-state index is 14.1. The van der Waals surface area contributed by atoms with E-state index in [2.05, 4.69) is 40.6 Å². The predicted molar refractivity (Wildman–Crippen MR) is 224 cm³/mol. The number of pyridine rings is 2. The molecule has 1 saturated heterocycles. The van der Waals surface area contributed by atoms with E-state index in [-0.39, 0.29) is 89.3 Å². The first-order valence-corrected chi connectivity index (χ1v) is 18.8. The van der Waals surface area contributed by atoms with E-state index in [1.54, 1.807) is 0 Å². The number of fused-ring (bicyclic) bond motifs is 2. The Morgan fingerprint density at radius 1 is 0.682 bits per heavy atom. The molecule has 0 radical (unpaired) electrons. The summed E-state index contributed by atoms with van der Waals surface area (Å²) in [7, 11) is -0.733. The number of rotatable bonds is 10. The van der Waals surface area contributed by atoms with Crippen molar-refractivity contribution < 1.29 is 62.7 Å². The number of hydrogen-bond acceptors (Lipinski definition) is 12. The highest BCUT2D eigenvalue weighted by Gasteiger charge is 2.58. The summed E-state index contributed by atoms with van der Waals surface area (Å²) in [5, 5.41) is 21.4. The van der Waals surface area contributed by atoms with Crippen molar-refractivity contribution in [3.8, 4) is 23.0 Å². The molecule has 2 atom stereocenters. The molecule has 2 saturated carbocycles. The van der Waals surface area contributed by atoms with Crippen LogP contribution >= 0.6 is 11.6 Å². The van der Waals surface area contributed by atoms with Crippen molar-refractivity contribution in [1.82, 2.24) is 49.6 Å². The van der Waals surface area contributed by atoms with Gasteiger partial charge < -0.3 is 18.8 Å². The lowest BCUT2D eigenvalue weighted by molar-refractivity contribution is 0.00578. The molecule has 362 valence electrons. The molecule has 26 heteroatoms. The second-order valence-corrected chi connectivity index (χ2v) is 15.6. The average molecular weight is 969 g/mol. The van der Waals surface area contributed by atoms with Crippen LogP contribution in [0.4, 0.5) is 43.9 Å². The summed E-state index contributed by atoms with van der Waals surface area (Å²) >= 11 is 5.52. The van der Waals surface area contributed by atoms with Crippen molar-refractivity contribution in [3.05, 3.63) is 77.2 Å². The topological polar surface area (TPSA) is 149 Å². The normalized spacial score (nSPS) is 19.0. The Kier molecular flexibility index (Phi) is 17.1. The largest absolute Gasteiger partial charge is 0.496 e. The molecule has 0 aromatic carbocycles. The van der Waals surface area contributed by atoms with Crippen LogP contribution in [-0.2, 0) is 9.31 Å². The van der Waals surface area contributed by atoms with E-state index in [1.807, 2.05) is 27.7 Å². The van der Waals surface area contributed by atoms with Crippen LogP contribution in [0.5, 0.6) is 11.8 Å².